The van der Waals surface area contributed by atoms with Crippen LogP contribution < -0.4 is 4.74 Å². The summed E-state index contributed by atoms with van der Waals surface area (Å²) in [5.74, 6) is -0.319. The zero-order valence-corrected chi connectivity index (χ0v) is 11.4. The third-order valence-electron chi connectivity index (χ3n) is 2.49. The molecule has 19 heavy (non-hydrogen) atoms. The molecule has 0 spiro atoms. The highest BCUT2D eigenvalue weighted by Gasteiger charge is 2.11. The van der Waals surface area contributed by atoms with E-state index in [0.717, 1.165) is 16.7 Å². The van der Waals surface area contributed by atoms with Gasteiger partial charge in [-0.25, -0.2) is 0 Å². The minimum atomic E-state index is -0.471. The highest BCUT2D eigenvalue weighted by Crippen LogP contribution is 2.25. The molecule has 0 unspecified atom stereocenters. The van der Waals surface area contributed by atoms with Crippen molar-refractivity contribution >= 4 is 11.9 Å². The van der Waals surface area contributed by atoms with E-state index < -0.39 is 5.97 Å². The molecule has 0 fully saturated rings. The van der Waals surface area contributed by atoms with Crippen molar-refractivity contribution in [2.75, 3.05) is 6.61 Å². The number of aryl methyl sites for hydroxylation is 2. The average molecular weight is 266 g/mol. The van der Waals surface area contributed by atoms with Crippen molar-refractivity contribution in [2.24, 2.45) is 0 Å². The fourth-order valence-electron chi connectivity index (χ4n) is 1.73. The zero-order chi connectivity index (χ0) is 14.4. The van der Waals surface area contributed by atoms with Gasteiger partial charge in [0.05, 0.1) is 13.0 Å². The Balaban J connectivity index is 2.85. The number of rotatable bonds is 5. The largest absolute Gasteiger partial charge is 0.461 e. The lowest BCUT2D eigenvalue weighted by Gasteiger charge is -2.12. The normalized spacial score (nSPS) is 10.1. The highest BCUT2D eigenvalue weighted by molar-refractivity contribution is 5.73. The second kappa shape index (κ2) is 6.89. The number of aliphatic hydroxyl groups is 1. The van der Waals surface area contributed by atoms with E-state index in [4.69, 9.17) is 14.6 Å². The van der Waals surface area contributed by atoms with Gasteiger partial charge in [-0.15, -0.1) is 0 Å². The number of aliphatic hydroxyl groups excluding tert-OH is 1. The van der Waals surface area contributed by atoms with Crippen molar-refractivity contribution < 1.29 is 24.2 Å². The molecule has 5 heteroatoms. The van der Waals surface area contributed by atoms with E-state index >= 15 is 0 Å². The van der Waals surface area contributed by atoms with Crippen LogP contribution in [0.25, 0.3) is 0 Å². The highest BCUT2D eigenvalue weighted by atomic mass is 16.5. The molecule has 0 bridgehead atoms. The second-order valence-corrected chi connectivity index (χ2v) is 4.29. The molecule has 0 aliphatic heterocycles. The number of esters is 2. The van der Waals surface area contributed by atoms with Crippen LogP contribution in [-0.4, -0.2) is 23.7 Å². The third-order valence-corrected chi connectivity index (χ3v) is 2.49. The summed E-state index contributed by atoms with van der Waals surface area (Å²) in [6.07, 6.45) is -0.0337. The molecule has 1 aromatic carbocycles. The van der Waals surface area contributed by atoms with E-state index in [0.29, 0.717) is 5.75 Å². The van der Waals surface area contributed by atoms with Crippen LogP contribution >= 0.6 is 0 Å². The lowest BCUT2D eigenvalue weighted by Crippen LogP contribution is -2.11. The molecule has 0 atom stereocenters. The van der Waals surface area contributed by atoms with E-state index in [-0.39, 0.29) is 25.6 Å². The topological polar surface area (TPSA) is 72.8 Å². The van der Waals surface area contributed by atoms with Gasteiger partial charge in [0.15, 0.2) is 0 Å². The van der Waals surface area contributed by atoms with Gasteiger partial charge in [-0.2, -0.15) is 0 Å². The molecule has 0 aliphatic carbocycles. The van der Waals surface area contributed by atoms with Crippen LogP contribution in [0.15, 0.2) is 12.1 Å². The van der Waals surface area contributed by atoms with Crippen LogP contribution in [0, 0.1) is 13.8 Å². The molecular formula is C14H18O5. The molecule has 0 radical (unpaired) electrons. The van der Waals surface area contributed by atoms with Crippen molar-refractivity contribution in [1.29, 1.82) is 0 Å². The summed E-state index contributed by atoms with van der Waals surface area (Å²) in [7, 11) is 0. The van der Waals surface area contributed by atoms with Crippen LogP contribution in [0.3, 0.4) is 0 Å². The molecule has 0 aliphatic rings. The van der Waals surface area contributed by atoms with Gasteiger partial charge >= 0.3 is 11.9 Å². The molecule has 1 aromatic rings. The third kappa shape index (κ3) is 4.71. The fourth-order valence-corrected chi connectivity index (χ4v) is 1.73. The summed E-state index contributed by atoms with van der Waals surface area (Å²) in [5, 5.41) is 8.67. The number of hydrogen-bond donors (Lipinski definition) is 1. The summed E-state index contributed by atoms with van der Waals surface area (Å²) in [5.41, 5.74) is 2.41. The number of hydrogen-bond acceptors (Lipinski definition) is 5. The standard InChI is InChI=1S/C14H18O5/c1-9-6-12(8-18-11(3)16)7-10(2)14(9)19-13(17)4-5-15/h6-7,15H,4-5,8H2,1-3H3. The lowest BCUT2D eigenvalue weighted by atomic mass is 10.1. The van der Waals surface area contributed by atoms with E-state index in [9.17, 15) is 9.59 Å². The summed E-state index contributed by atoms with van der Waals surface area (Å²) in [6.45, 7) is 4.94. The maximum atomic E-state index is 11.4. The predicted octanol–water partition coefficient (Wildman–Crippen LogP) is 1.65. The molecule has 5 nitrogen and oxygen atoms in total. The molecular weight excluding hydrogens is 248 g/mol. The van der Waals surface area contributed by atoms with Crippen molar-refractivity contribution in [2.45, 2.75) is 33.8 Å². The van der Waals surface area contributed by atoms with Gasteiger partial charge in [0.25, 0.3) is 0 Å². The van der Waals surface area contributed by atoms with Crippen LogP contribution in [0.2, 0.25) is 0 Å². The Morgan fingerprint density at radius 3 is 2.26 bits per heavy atom. The number of carbonyl (C=O) groups excluding carboxylic acids is 2. The maximum absolute atomic E-state index is 11.4. The Bertz CT molecular complexity index is 456. The summed E-state index contributed by atoms with van der Waals surface area (Å²) >= 11 is 0. The Morgan fingerprint density at radius 1 is 1.21 bits per heavy atom. The minimum absolute atomic E-state index is 0.0337. The quantitative estimate of drug-likeness (QED) is 0.648. The molecule has 0 saturated heterocycles. The van der Waals surface area contributed by atoms with Gasteiger partial charge in [0.2, 0.25) is 0 Å². The van der Waals surface area contributed by atoms with Crippen molar-refractivity contribution in [3.05, 3.63) is 28.8 Å². The molecule has 0 amide bonds. The fraction of sp³-hybridized carbons (Fsp3) is 0.429. The minimum Gasteiger partial charge on any atom is -0.461 e. The van der Waals surface area contributed by atoms with Gasteiger partial charge in [0.1, 0.15) is 12.4 Å². The predicted molar refractivity (Wildman–Crippen MR) is 68.7 cm³/mol. The summed E-state index contributed by atoms with van der Waals surface area (Å²) in [4.78, 5) is 22.1. The average Bonchev–Trinajstić information content (AvgIpc) is 2.31. The first-order valence-corrected chi connectivity index (χ1v) is 5.99. The van der Waals surface area contributed by atoms with E-state index in [1.807, 2.05) is 13.8 Å². The SMILES string of the molecule is CC(=O)OCc1cc(C)c(OC(=O)CCO)c(C)c1. The molecule has 1 rings (SSSR count). The Hall–Kier alpha value is -1.88. The van der Waals surface area contributed by atoms with Crippen LogP contribution in [0.5, 0.6) is 5.75 Å². The van der Waals surface area contributed by atoms with Gasteiger partial charge in [-0.05, 0) is 42.7 Å². The van der Waals surface area contributed by atoms with Crippen LogP contribution in [-0.2, 0) is 20.9 Å². The summed E-state index contributed by atoms with van der Waals surface area (Å²) in [6, 6.07) is 3.61. The maximum Gasteiger partial charge on any atom is 0.313 e. The Kier molecular flexibility index (Phi) is 5.51. The first-order chi connectivity index (χ1) is 8.93. The molecule has 104 valence electrons. The number of benzene rings is 1. The monoisotopic (exact) mass is 266 g/mol. The smallest absolute Gasteiger partial charge is 0.313 e. The Morgan fingerprint density at radius 2 is 1.79 bits per heavy atom. The van der Waals surface area contributed by atoms with Crippen LogP contribution in [0.1, 0.15) is 30.0 Å². The molecule has 0 heterocycles. The van der Waals surface area contributed by atoms with Crippen LogP contribution in [0.4, 0.5) is 0 Å². The molecule has 0 aromatic heterocycles. The number of carbonyl (C=O) groups is 2. The van der Waals surface area contributed by atoms with Crippen molar-refractivity contribution in [1.82, 2.24) is 0 Å². The molecule has 0 saturated carbocycles. The lowest BCUT2D eigenvalue weighted by molar-refractivity contribution is -0.142. The van der Waals surface area contributed by atoms with Gasteiger partial charge < -0.3 is 14.6 Å². The Labute approximate surface area is 112 Å². The molecule has 1 N–H and O–H groups in total. The van der Waals surface area contributed by atoms with Crippen molar-refractivity contribution in [3.63, 3.8) is 0 Å². The zero-order valence-electron chi connectivity index (χ0n) is 11.4. The van der Waals surface area contributed by atoms with Gasteiger partial charge in [0, 0.05) is 6.92 Å². The summed E-state index contributed by atoms with van der Waals surface area (Å²) < 4.78 is 10.1. The van der Waals surface area contributed by atoms with E-state index in [2.05, 4.69) is 0 Å². The number of ether oxygens (including phenoxy) is 2. The van der Waals surface area contributed by atoms with Crippen molar-refractivity contribution in [3.8, 4) is 5.75 Å². The second-order valence-electron chi connectivity index (χ2n) is 4.29. The van der Waals surface area contributed by atoms with E-state index in [1.54, 1.807) is 12.1 Å². The first kappa shape index (κ1) is 15.2. The van der Waals surface area contributed by atoms with Gasteiger partial charge in [-0.3, -0.25) is 9.59 Å². The first-order valence-electron chi connectivity index (χ1n) is 5.99. The van der Waals surface area contributed by atoms with E-state index in [1.165, 1.54) is 6.92 Å². The van der Waals surface area contributed by atoms with Gasteiger partial charge in [-0.1, -0.05) is 0 Å².